The van der Waals surface area contributed by atoms with Gasteiger partial charge in [0.15, 0.2) is 0 Å². The molecule has 8 nitrogen and oxygen atoms in total. The van der Waals surface area contributed by atoms with Crippen LogP contribution < -0.4 is 15.3 Å². The first kappa shape index (κ1) is 39.5. The third-order valence-electron chi connectivity index (χ3n) is 11.1. The summed E-state index contributed by atoms with van der Waals surface area (Å²) in [6.45, 7) is 0. The molecule has 8 rings (SSSR count). The fraction of sp³-hybridized carbons (Fsp3) is 0.0189. The molecule has 296 valence electrons. The van der Waals surface area contributed by atoms with Crippen LogP contribution in [0.5, 0.6) is 0 Å². The van der Waals surface area contributed by atoms with Crippen molar-refractivity contribution in [1.29, 1.82) is 0 Å². The zero-order chi connectivity index (χ0) is 42.7. The highest BCUT2D eigenvalue weighted by Gasteiger charge is 2.38. The summed E-state index contributed by atoms with van der Waals surface area (Å²) in [5.41, 5.74) is 9.95. The number of carbonyl (C=O) groups is 4. The van der Waals surface area contributed by atoms with Crippen molar-refractivity contribution >= 4 is 23.9 Å². The van der Waals surface area contributed by atoms with Crippen LogP contribution in [0.25, 0.3) is 44.5 Å². The second kappa shape index (κ2) is 16.5. The van der Waals surface area contributed by atoms with Crippen LogP contribution in [0.15, 0.2) is 194 Å². The highest BCUT2D eigenvalue weighted by Crippen LogP contribution is 2.47. The lowest BCUT2D eigenvalue weighted by Crippen LogP contribution is -2.31. The Bertz CT molecular complexity index is 2470. The summed E-state index contributed by atoms with van der Waals surface area (Å²) in [6.07, 6.45) is 0. The maximum absolute atomic E-state index is 11.6. The third kappa shape index (κ3) is 7.81. The number of aromatic carboxylic acids is 4. The number of rotatable bonds is 12. The molecule has 61 heavy (non-hydrogen) atoms. The minimum atomic E-state index is -1.25. The molecule has 0 spiro atoms. The maximum Gasteiger partial charge on any atom is 0.335 e. The van der Waals surface area contributed by atoms with Crippen molar-refractivity contribution in [3.8, 4) is 44.5 Å². The average Bonchev–Trinajstić information content (AvgIpc) is 3.30. The smallest absolute Gasteiger partial charge is 0.335 e. The van der Waals surface area contributed by atoms with Crippen LogP contribution in [0, 0.1) is 0 Å². The molecule has 8 aromatic rings. The van der Waals surface area contributed by atoms with E-state index in [2.05, 4.69) is 48.5 Å². The van der Waals surface area contributed by atoms with Gasteiger partial charge in [0.25, 0.3) is 0 Å². The average molecular weight is 798 g/mol. The quantitative estimate of drug-likeness (QED) is 0.124. The largest absolute Gasteiger partial charge is 0.545 e. The van der Waals surface area contributed by atoms with E-state index in [0.717, 1.165) is 66.8 Å². The number of carboxylic acids is 4. The van der Waals surface area contributed by atoms with E-state index >= 15 is 0 Å². The van der Waals surface area contributed by atoms with E-state index in [4.69, 9.17) is 0 Å². The van der Waals surface area contributed by atoms with Gasteiger partial charge in [-0.1, -0.05) is 182 Å². The molecule has 0 aromatic heterocycles. The molecule has 0 bridgehead atoms. The van der Waals surface area contributed by atoms with Gasteiger partial charge in [0.05, 0.1) is 28.9 Å². The second-order valence-electron chi connectivity index (χ2n) is 14.5. The summed E-state index contributed by atoms with van der Waals surface area (Å²) in [7, 11) is 0. The molecule has 0 saturated heterocycles. The monoisotopic (exact) mass is 797 g/mol. The molecule has 0 saturated carbocycles. The lowest BCUT2D eigenvalue weighted by atomic mass is 9.64. The predicted molar refractivity (Wildman–Crippen MR) is 226 cm³/mol. The van der Waals surface area contributed by atoms with Gasteiger partial charge in [-0.2, -0.15) is 0 Å². The summed E-state index contributed by atoms with van der Waals surface area (Å²) in [6, 6.07) is 58.7. The van der Waals surface area contributed by atoms with Crippen LogP contribution in [0.3, 0.4) is 0 Å². The molecule has 0 fully saturated rings. The second-order valence-corrected chi connectivity index (χ2v) is 14.5. The highest BCUT2D eigenvalue weighted by atomic mass is 16.4. The van der Waals surface area contributed by atoms with Crippen LogP contribution >= 0.6 is 0 Å². The number of benzene rings is 8. The van der Waals surface area contributed by atoms with Gasteiger partial charge < -0.3 is 34.8 Å². The standard InChI is InChI=1S/C53H36O8/c54-49(55)41-9-1-33(2-10-41)37-17-25-45(26-18-37)53(46-27-19-38(20-28-46)34-3-11-42(12-4-34)50(56)57,47-29-21-39(22-30-47)35-5-13-43(14-6-35)51(58)59)48-31-23-40(24-32-48)36-7-15-44(16-8-36)52(60)61/h1-32H,(H,54,55)(H,56,57)(H,58,59)(H,60,61)/p-3. The summed E-state index contributed by atoms with van der Waals surface area (Å²) in [5, 5.41) is 43.8. The van der Waals surface area contributed by atoms with E-state index in [1.165, 1.54) is 36.4 Å². The van der Waals surface area contributed by atoms with Gasteiger partial charge in [-0.15, -0.1) is 0 Å². The molecule has 0 aliphatic rings. The van der Waals surface area contributed by atoms with E-state index in [-0.39, 0.29) is 22.3 Å². The first-order chi connectivity index (χ1) is 29.5. The Kier molecular flexibility index (Phi) is 10.7. The summed E-state index contributed by atoms with van der Waals surface area (Å²) < 4.78 is 0. The van der Waals surface area contributed by atoms with Crippen LogP contribution in [0.4, 0.5) is 0 Å². The van der Waals surface area contributed by atoms with E-state index < -0.39 is 29.3 Å². The molecular weight excluding hydrogens is 765 g/mol. The van der Waals surface area contributed by atoms with E-state index in [1.807, 2.05) is 48.5 Å². The zero-order valence-corrected chi connectivity index (χ0v) is 32.3. The van der Waals surface area contributed by atoms with Crippen molar-refractivity contribution in [3.05, 3.63) is 239 Å². The maximum atomic E-state index is 11.6. The first-order valence-corrected chi connectivity index (χ1v) is 19.2. The molecule has 0 atom stereocenters. The van der Waals surface area contributed by atoms with Crippen molar-refractivity contribution in [1.82, 2.24) is 0 Å². The van der Waals surface area contributed by atoms with Gasteiger partial charge in [0.2, 0.25) is 0 Å². The molecule has 1 N–H and O–H groups in total. The van der Waals surface area contributed by atoms with Gasteiger partial charge in [-0.25, -0.2) is 4.79 Å². The van der Waals surface area contributed by atoms with Crippen molar-refractivity contribution in [2.75, 3.05) is 0 Å². The van der Waals surface area contributed by atoms with E-state index in [0.29, 0.717) is 0 Å². The van der Waals surface area contributed by atoms with Crippen LogP contribution in [-0.2, 0) is 5.41 Å². The van der Waals surface area contributed by atoms with Gasteiger partial charge in [0, 0.05) is 0 Å². The molecule has 0 radical (unpaired) electrons. The van der Waals surface area contributed by atoms with Crippen LogP contribution in [0.1, 0.15) is 63.7 Å². The summed E-state index contributed by atoms with van der Waals surface area (Å²) in [5.74, 6) is -4.77. The van der Waals surface area contributed by atoms with Crippen LogP contribution in [0.2, 0.25) is 0 Å². The molecule has 0 unspecified atom stereocenters. The van der Waals surface area contributed by atoms with Gasteiger partial charge in [-0.05, 0) is 95.6 Å². The third-order valence-corrected chi connectivity index (χ3v) is 11.1. The molecule has 8 heteroatoms. The first-order valence-electron chi connectivity index (χ1n) is 19.2. The SMILES string of the molecule is O=C([O-])c1ccc(-c2ccc(C(c3ccc(-c4ccc(C(=O)[O-])cc4)cc3)(c3ccc(-c4ccc(C(=O)[O-])cc4)cc3)c3ccc(-c4ccc(C(=O)O)cc4)cc3)cc2)cc1. The lowest BCUT2D eigenvalue weighted by Gasteiger charge is -2.37. The fourth-order valence-corrected chi connectivity index (χ4v) is 7.85. The van der Waals surface area contributed by atoms with Crippen molar-refractivity contribution in [3.63, 3.8) is 0 Å². The van der Waals surface area contributed by atoms with E-state index in [9.17, 15) is 39.6 Å². The van der Waals surface area contributed by atoms with Crippen molar-refractivity contribution in [2.24, 2.45) is 0 Å². The normalized spacial score (nSPS) is 11.1. The molecule has 0 heterocycles. The Morgan fingerprint density at radius 2 is 0.443 bits per heavy atom. The number of carbonyl (C=O) groups excluding carboxylic acids is 3. The Labute approximate surface area is 350 Å². The molecule has 0 aliphatic carbocycles. The fourth-order valence-electron chi connectivity index (χ4n) is 7.85. The molecule has 0 aliphatic heterocycles. The van der Waals surface area contributed by atoms with Crippen LogP contribution in [-0.4, -0.2) is 29.0 Å². The van der Waals surface area contributed by atoms with Gasteiger partial charge in [0.1, 0.15) is 0 Å². The highest BCUT2D eigenvalue weighted by molar-refractivity contribution is 5.89. The van der Waals surface area contributed by atoms with E-state index in [1.54, 1.807) is 60.7 Å². The number of carboxylic acid groups (broad SMARTS) is 4. The van der Waals surface area contributed by atoms with Gasteiger partial charge >= 0.3 is 5.97 Å². The van der Waals surface area contributed by atoms with Gasteiger partial charge in [-0.3, -0.25) is 0 Å². The minimum absolute atomic E-state index is 0.0808. The summed E-state index contributed by atoms with van der Waals surface area (Å²) in [4.78, 5) is 45.9. The molecule has 8 aromatic carbocycles. The number of hydrogen-bond acceptors (Lipinski definition) is 7. The Morgan fingerprint density at radius 1 is 0.279 bits per heavy atom. The van der Waals surface area contributed by atoms with Crippen molar-refractivity contribution in [2.45, 2.75) is 5.41 Å². The zero-order valence-electron chi connectivity index (χ0n) is 32.3. The Balaban J connectivity index is 1.31. The predicted octanol–water partition coefficient (Wildman–Crippen LogP) is 7.53. The topological polar surface area (TPSA) is 158 Å². The molecule has 0 amide bonds. The lowest BCUT2D eigenvalue weighted by molar-refractivity contribution is -0.256. The van der Waals surface area contributed by atoms with Crippen molar-refractivity contribution < 1.29 is 39.6 Å². The molecular formula is C53H33O8-3. The Morgan fingerprint density at radius 3 is 0.607 bits per heavy atom. The summed E-state index contributed by atoms with van der Waals surface area (Å²) >= 11 is 0. The minimum Gasteiger partial charge on any atom is -0.545 e. The Hall–Kier alpha value is -8.36. The number of hydrogen-bond donors (Lipinski definition) is 1.